The molecule has 7 heteroatoms. The summed E-state index contributed by atoms with van der Waals surface area (Å²) < 4.78 is 10.8. The van der Waals surface area contributed by atoms with Gasteiger partial charge in [0.05, 0.1) is 20.3 Å². The van der Waals surface area contributed by atoms with Crippen molar-refractivity contribution in [1.82, 2.24) is 9.88 Å². The SMILES string of the molecule is COc1ccc(-c2ccc3[nH]c(C4CCN(C(=O)C(N)Cc5cccs5)CC4)cc3c2)cc1OC. The molecule has 35 heavy (non-hydrogen) atoms. The van der Waals surface area contributed by atoms with Crippen LogP contribution in [0.25, 0.3) is 22.0 Å². The fourth-order valence-corrected chi connectivity index (χ4v) is 5.71. The van der Waals surface area contributed by atoms with Gasteiger partial charge in [-0.25, -0.2) is 0 Å². The van der Waals surface area contributed by atoms with Crippen LogP contribution < -0.4 is 15.2 Å². The number of nitrogens with one attached hydrogen (secondary N) is 1. The number of ether oxygens (including phenoxy) is 2. The lowest BCUT2D eigenvalue weighted by Gasteiger charge is -2.33. The number of aromatic nitrogens is 1. The molecule has 182 valence electrons. The third-order valence-electron chi connectivity index (χ3n) is 6.92. The molecular weight excluding hydrogens is 458 g/mol. The topological polar surface area (TPSA) is 80.6 Å². The first-order valence-electron chi connectivity index (χ1n) is 12.0. The average molecular weight is 490 g/mol. The molecule has 0 radical (unpaired) electrons. The highest BCUT2D eigenvalue weighted by Crippen LogP contribution is 2.35. The zero-order valence-corrected chi connectivity index (χ0v) is 20.9. The monoisotopic (exact) mass is 489 g/mol. The van der Waals surface area contributed by atoms with E-state index in [1.165, 1.54) is 11.1 Å². The molecule has 1 aliphatic rings. The van der Waals surface area contributed by atoms with Crippen LogP contribution >= 0.6 is 11.3 Å². The summed E-state index contributed by atoms with van der Waals surface area (Å²) in [6.45, 7) is 1.49. The number of hydrogen-bond acceptors (Lipinski definition) is 5. The highest BCUT2D eigenvalue weighted by molar-refractivity contribution is 7.09. The van der Waals surface area contributed by atoms with E-state index in [9.17, 15) is 4.79 Å². The van der Waals surface area contributed by atoms with E-state index in [1.54, 1.807) is 25.6 Å². The number of hydrogen-bond donors (Lipinski definition) is 2. The zero-order valence-electron chi connectivity index (χ0n) is 20.1. The molecular formula is C28H31N3O3S. The summed E-state index contributed by atoms with van der Waals surface area (Å²) in [6, 6.07) is 18.3. The second-order valence-electron chi connectivity index (χ2n) is 9.09. The summed E-state index contributed by atoms with van der Waals surface area (Å²) in [5.41, 5.74) is 10.8. The number of aromatic amines is 1. The third kappa shape index (κ3) is 4.92. The molecule has 0 bridgehead atoms. The van der Waals surface area contributed by atoms with Crippen molar-refractivity contribution < 1.29 is 14.3 Å². The van der Waals surface area contributed by atoms with Crippen molar-refractivity contribution in [3.63, 3.8) is 0 Å². The van der Waals surface area contributed by atoms with Gasteiger partial charge < -0.3 is 25.1 Å². The van der Waals surface area contributed by atoms with Crippen molar-refractivity contribution in [2.24, 2.45) is 5.73 Å². The summed E-state index contributed by atoms with van der Waals surface area (Å²) in [5, 5.41) is 3.21. The Morgan fingerprint density at radius 3 is 2.51 bits per heavy atom. The van der Waals surface area contributed by atoms with Crippen LogP contribution in [0.2, 0.25) is 0 Å². The van der Waals surface area contributed by atoms with Crippen LogP contribution in [0.1, 0.15) is 29.3 Å². The Morgan fingerprint density at radius 1 is 1.06 bits per heavy atom. The van der Waals surface area contributed by atoms with E-state index in [0.29, 0.717) is 12.3 Å². The Hall–Kier alpha value is -3.29. The van der Waals surface area contributed by atoms with Crippen molar-refractivity contribution in [3.05, 3.63) is 70.5 Å². The van der Waals surface area contributed by atoms with Crippen LogP contribution in [0.5, 0.6) is 11.5 Å². The number of H-pyrrole nitrogens is 1. The molecule has 4 aromatic rings. The first kappa shape index (κ1) is 23.5. The second kappa shape index (κ2) is 10.1. The second-order valence-corrected chi connectivity index (χ2v) is 10.1. The van der Waals surface area contributed by atoms with Crippen molar-refractivity contribution in [2.45, 2.75) is 31.2 Å². The maximum atomic E-state index is 12.8. The van der Waals surface area contributed by atoms with Gasteiger partial charge in [0.15, 0.2) is 11.5 Å². The first-order valence-corrected chi connectivity index (χ1v) is 12.9. The number of nitrogens with two attached hydrogens (primary N) is 1. The van der Waals surface area contributed by atoms with E-state index in [4.69, 9.17) is 15.2 Å². The molecule has 3 N–H and O–H groups in total. The third-order valence-corrected chi connectivity index (χ3v) is 7.82. The number of benzene rings is 2. The molecule has 5 rings (SSSR count). The highest BCUT2D eigenvalue weighted by atomic mass is 32.1. The summed E-state index contributed by atoms with van der Waals surface area (Å²) in [5.74, 6) is 1.91. The number of rotatable bonds is 7. The van der Waals surface area contributed by atoms with E-state index in [2.05, 4.69) is 29.2 Å². The van der Waals surface area contributed by atoms with E-state index < -0.39 is 6.04 Å². The van der Waals surface area contributed by atoms with Crippen LogP contribution in [-0.2, 0) is 11.2 Å². The van der Waals surface area contributed by atoms with Gasteiger partial charge in [-0.3, -0.25) is 4.79 Å². The van der Waals surface area contributed by atoms with Crippen LogP contribution in [0.4, 0.5) is 0 Å². The maximum absolute atomic E-state index is 12.8. The Bertz CT molecular complexity index is 1310. The van der Waals surface area contributed by atoms with Crippen molar-refractivity contribution >= 4 is 28.1 Å². The Balaban J connectivity index is 1.26. The zero-order chi connectivity index (χ0) is 24.4. The number of carbonyl (C=O) groups is 1. The van der Waals surface area contributed by atoms with Gasteiger partial charge in [0.25, 0.3) is 0 Å². The number of carbonyl (C=O) groups excluding carboxylic acids is 1. The van der Waals surface area contributed by atoms with Gasteiger partial charge in [-0.15, -0.1) is 11.3 Å². The minimum absolute atomic E-state index is 0.0630. The predicted molar refractivity (Wildman–Crippen MR) is 141 cm³/mol. The smallest absolute Gasteiger partial charge is 0.239 e. The lowest BCUT2D eigenvalue weighted by Crippen LogP contribution is -2.47. The Labute approximate surface area is 209 Å². The molecule has 1 saturated heterocycles. The van der Waals surface area contributed by atoms with E-state index in [0.717, 1.165) is 59.0 Å². The lowest BCUT2D eigenvalue weighted by molar-refractivity contribution is -0.133. The normalized spacial score (nSPS) is 15.3. The average Bonchev–Trinajstić information content (AvgIpc) is 3.57. The predicted octanol–water partition coefficient (Wildman–Crippen LogP) is 5.19. The minimum Gasteiger partial charge on any atom is -0.493 e. The van der Waals surface area contributed by atoms with E-state index in [1.807, 2.05) is 40.6 Å². The minimum atomic E-state index is -0.465. The number of piperidine rings is 1. The van der Waals surface area contributed by atoms with Gasteiger partial charge in [0.1, 0.15) is 0 Å². The van der Waals surface area contributed by atoms with E-state index in [-0.39, 0.29) is 5.91 Å². The molecule has 3 heterocycles. The molecule has 6 nitrogen and oxygen atoms in total. The molecule has 2 aromatic heterocycles. The molecule has 0 saturated carbocycles. The van der Waals surface area contributed by atoms with Crippen molar-refractivity contribution in [1.29, 1.82) is 0 Å². The number of likely N-dealkylation sites (tertiary alicyclic amines) is 1. The number of amides is 1. The van der Waals surface area contributed by atoms with Crippen LogP contribution in [0, 0.1) is 0 Å². The van der Waals surface area contributed by atoms with Crippen molar-refractivity contribution in [2.75, 3.05) is 27.3 Å². The summed E-state index contributed by atoms with van der Waals surface area (Å²) in [6.07, 6.45) is 2.49. The van der Waals surface area contributed by atoms with Gasteiger partial charge in [0, 0.05) is 46.9 Å². The summed E-state index contributed by atoms with van der Waals surface area (Å²) in [4.78, 5) is 19.6. The molecule has 1 atom stereocenters. The van der Waals surface area contributed by atoms with Gasteiger partial charge in [-0.2, -0.15) is 0 Å². The molecule has 1 unspecified atom stereocenters. The van der Waals surface area contributed by atoms with Crippen LogP contribution in [-0.4, -0.2) is 49.1 Å². The van der Waals surface area contributed by atoms with Gasteiger partial charge >= 0.3 is 0 Å². The molecule has 0 aliphatic carbocycles. The fourth-order valence-electron chi connectivity index (χ4n) is 4.95. The van der Waals surface area contributed by atoms with Crippen LogP contribution in [0.15, 0.2) is 60.0 Å². The standard InChI is InChI=1S/C28H31N3O3S/c1-33-26-8-6-20(16-27(26)34-2)19-5-7-24-21(14-19)15-25(30-24)18-9-11-31(12-10-18)28(32)23(29)17-22-4-3-13-35-22/h3-8,13-16,18,23,30H,9-12,17,29H2,1-2H3. The quantitative estimate of drug-likeness (QED) is 0.374. The Kier molecular flexibility index (Phi) is 6.79. The Morgan fingerprint density at radius 2 is 1.80 bits per heavy atom. The molecule has 0 spiro atoms. The van der Waals surface area contributed by atoms with Gasteiger partial charge in [0.2, 0.25) is 5.91 Å². The fraction of sp³-hybridized carbons (Fsp3) is 0.321. The largest absolute Gasteiger partial charge is 0.493 e. The first-order chi connectivity index (χ1) is 17.1. The number of fused-ring (bicyclic) bond motifs is 1. The lowest BCUT2D eigenvalue weighted by atomic mass is 9.93. The maximum Gasteiger partial charge on any atom is 0.239 e. The number of nitrogens with zero attached hydrogens (tertiary/aromatic N) is 1. The molecule has 1 fully saturated rings. The van der Waals surface area contributed by atoms with Crippen LogP contribution in [0.3, 0.4) is 0 Å². The van der Waals surface area contributed by atoms with Gasteiger partial charge in [-0.05, 0) is 65.7 Å². The van der Waals surface area contributed by atoms with Gasteiger partial charge in [-0.1, -0.05) is 18.2 Å². The summed E-state index contributed by atoms with van der Waals surface area (Å²) >= 11 is 1.65. The van der Waals surface area contributed by atoms with E-state index >= 15 is 0 Å². The summed E-state index contributed by atoms with van der Waals surface area (Å²) in [7, 11) is 3.30. The molecule has 1 aliphatic heterocycles. The molecule has 1 amide bonds. The highest BCUT2D eigenvalue weighted by Gasteiger charge is 2.28. The van der Waals surface area contributed by atoms with Crippen molar-refractivity contribution in [3.8, 4) is 22.6 Å². The molecule has 2 aromatic carbocycles. The number of methoxy groups -OCH3 is 2. The number of thiophene rings is 1.